The summed E-state index contributed by atoms with van der Waals surface area (Å²) in [4.78, 5) is 27.7. The Hall–Kier alpha value is -2.91. The number of thiophene rings is 1. The van der Waals surface area contributed by atoms with E-state index in [-0.39, 0.29) is 24.4 Å². The van der Waals surface area contributed by atoms with Gasteiger partial charge in [-0.15, -0.1) is 11.3 Å². The molecule has 2 aromatic rings. The van der Waals surface area contributed by atoms with E-state index in [4.69, 9.17) is 14.2 Å². The van der Waals surface area contributed by atoms with Gasteiger partial charge >= 0.3 is 0 Å². The predicted octanol–water partition coefficient (Wildman–Crippen LogP) is 2.94. The quantitative estimate of drug-likeness (QED) is 0.593. The van der Waals surface area contributed by atoms with Crippen LogP contribution in [0.15, 0.2) is 40.8 Å². The van der Waals surface area contributed by atoms with Crippen molar-refractivity contribution in [2.24, 2.45) is 5.10 Å². The highest BCUT2D eigenvalue weighted by atomic mass is 32.1. The van der Waals surface area contributed by atoms with Crippen LogP contribution in [-0.4, -0.2) is 68.5 Å². The average Bonchev–Trinajstić information content (AvgIpc) is 3.45. The third-order valence-corrected chi connectivity index (χ3v) is 6.02. The fourth-order valence-corrected chi connectivity index (χ4v) is 4.16. The number of hydrogen-bond donors (Lipinski definition) is 0. The summed E-state index contributed by atoms with van der Waals surface area (Å²) in [6.45, 7) is 2.08. The van der Waals surface area contributed by atoms with Crippen molar-refractivity contribution in [3.8, 4) is 11.5 Å². The fourth-order valence-electron chi connectivity index (χ4n) is 3.44. The summed E-state index contributed by atoms with van der Waals surface area (Å²) in [5, 5.41) is 8.12. The average molecular weight is 446 g/mol. The van der Waals surface area contributed by atoms with Gasteiger partial charge in [0.05, 0.1) is 37.5 Å². The van der Waals surface area contributed by atoms with E-state index < -0.39 is 0 Å². The van der Waals surface area contributed by atoms with Crippen molar-refractivity contribution in [3.63, 3.8) is 0 Å². The van der Waals surface area contributed by atoms with E-state index >= 15 is 0 Å². The molecular formula is C22H27N3O5S. The van der Waals surface area contributed by atoms with Crippen molar-refractivity contribution in [1.82, 2.24) is 9.91 Å². The maximum absolute atomic E-state index is 13.2. The van der Waals surface area contributed by atoms with Crippen LogP contribution in [0.2, 0.25) is 0 Å². The number of methoxy groups -OCH3 is 3. The number of hydrogen-bond acceptors (Lipinski definition) is 7. The zero-order valence-corrected chi connectivity index (χ0v) is 19.0. The van der Waals surface area contributed by atoms with Crippen molar-refractivity contribution < 1.29 is 23.8 Å². The van der Waals surface area contributed by atoms with Crippen molar-refractivity contribution in [2.75, 3.05) is 41.0 Å². The molecule has 8 nitrogen and oxygen atoms in total. The Morgan fingerprint density at radius 2 is 1.97 bits per heavy atom. The van der Waals surface area contributed by atoms with E-state index in [1.54, 1.807) is 32.7 Å². The van der Waals surface area contributed by atoms with Crippen molar-refractivity contribution in [2.45, 2.75) is 19.4 Å². The molecule has 2 heterocycles. The van der Waals surface area contributed by atoms with E-state index in [0.29, 0.717) is 31.1 Å². The van der Waals surface area contributed by atoms with Crippen molar-refractivity contribution in [1.29, 1.82) is 0 Å². The SMILES string of the molecule is COCCN(CC(=O)N1N=C(c2cccs2)CC1c1ccc(OC)c(OC)c1)C(C)=O. The summed E-state index contributed by atoms with van der Waals surface area (Å²) in [5.74, 6) is 0.763. The van der Waals surface area contributed by atoms with Crippen LogP contribution < -0.4 is 9.47 Å². The molecule has 0 bridgehead atoms. The first-order chi connectivity index (χ1) is 15.0. The molecule has 0 spiro atoms. The van der Waals surface area contributed by atoms with Gasteiger partial charge < -0.3 is 19.1 Å². The van der Waals surface area contributed by atoms with Gasteiger partial charge in [0, 0.05) is 27.0 Å². The van der Waals surface area contributed by atoms with Crippen LogP contribution in [0.1, 0.15) is 29.8 Å². The van der Waals surface area contributed by atoms with Gasteiger partial charge in [0.2, 0.25) is 5.91 Å². The number of carbonyl (C=O) groups is 2. The minimum Gasteiger partial charge on any atom is -0.493 e. The number of benzene rings is 1. The molecule has 1 aromatic carbocycles. The lowest BCUT2D eigenvalue weighted by atomic mass is 10.0. The van der Waals surface area contributed by atoms with Crippen LogP contribution in [0.25, 0.3) is 0 Å². The Bertz CT molecular complexity index is 945. The molecule has 0 radical (unpaired) electrons. The highest BCUT2D eigenvalue weighted by molar-refractivity contribution is 7.12. The minimum atomic E-state index is -0.305. The largest absolute Gasteiger partial charge is 0.493 e. The first-order valence-electron chi connectivity index (χ1n) is 9.88. The Morgan fingerprint density at radius 1 is 1.19 bits per heavy atom. The lowest BCUT2D eigenvalue weighted by molar-refractivity contribution is -0.141. The summed E-state index contributed by atoms with van der Waals surface area (Å²) in [6, 6.07) is 9.24. The number of rotatable bonds is 9. The maximum Gasteiger partial charge on any atom is 0.262 e. The van der Waals surface area contributed by atoms with Crippen LogP contribution in [-0.2, 0) is 14.3 Å². The van der Waals surface area contributed by atoms with Crippen LogP contribution >= 0.6 is 11.3 Å². The lowest BCUT2D eigenvalue weighted by Crippen LogP contribution is -2.41. The zero-order valence-electron chi connectivity index (χ0n) is 18.2. The first kappa shape index (κ1) is 22.8. The smallest absolute Gasteiger partial charge is 0.262 e. The van der Waals surface area contributed by atoms with Crippen molar-refractivity contribution in [3.05, 3.63) is 46.2 Å². The topological polar surface area (TPSA) is 80.7 Å². The zero-order chi connectivity index (χ0) is 22.4. The van der Waals surface area contributed by atoms with E-state index in [0.717, 1.165) is 16.2 Å². The highest BCUT2D eigenvalue weighted by Gasteiger charge is 2.34. The molecule has 166 valence electrons. The van der Waals surface area contributed by atoms with Gasteiger partial charge in [-0.1, -0.05) is 12.1 Å². The molecule has 31 heavy (non-hydrogen) atoms. The molecule has 0 N–H and O–H groups in total. The summed E-state index contributed by atoms with van der Waals surface area (Å²) < 4.78 is 15.8. The van der Waals surface area contributed by atoms with E-state index in [1.165, 1.54) is 16.8 Å². The second-order valence-corrected chi connectivity index (χ2v) is 7.98. The molecule has 1 unspecified atom stereocenters. The van der Waals surface area contributed by atoms with Gasteiger partial charge in [-0.25, -0.2) is 5.01 Å². The predicted molar refractivity (Wildman–Crippen MR) is 119 cm³/mol. The molecule has 1 atom stereocenters. The monoisotopic (exact) mass is 445 g/mol. The third-order valence-electron chi connectivity index (χ3n) is 5.10. The second kappa shape index (κ2) is 10.4. The summed E-state index contributed by atoms with van der Waals surface area (Å²) in [6.07, 6.45) is 0.569. The Kier molecular flexibility index (Phi) is 7.64. The number of hydrazone groups is 1. The van der Waals surface area contributed by atoms with E-state index in [9.17, 15) is 9.59 Å². The Morgan fingerprint density at radius 3 is 2.58 bits per heavy atom. The second-order valence-electron chi connectivity index (χ2n) is 7.03. The number of amides is 2. The molecule has 1 aromatic heterocycles. The Labute approximate surface area is 186 Å². The van der Waals surface area contributed by atoms with E-state index in [2.05, 4.69) is 5.10 Å². The summed E-state index contributed by atoms with van der Waals surface area (Å²) in [5.41, 5.74) is 1.72. The first-order valence-corrected chi connectivity index (χ1v) is 10.8. The highest BCUT2D eigenvalue weighted by Crippen LogP contribution is 2.37. The molecule has 0 saturated heterocycles. The standard InChI is InChI=1S/C22H27N3O5S/c1-15(26)24(9-10-28-2)14-22(27)25-18(13-17(23-25)21-6-5-11-31-21)16-7-8-19(29-3)20(12-16)30-4/h5-8,11-12,18H,9-10,13-14H2,1-4H3. The molecule has 0 aliphatic carbocycles. The fraction of sp³-hybridized carbons (Fsp3) is 0.409. The van der Waals surface area contributed by atoms with Gasteiger partial charge in [0.15, 0.2) is 11.5 Å². The van der Waals surface area contributed by atoms with Crippen LogP contribution in [0.3, 0.4) is 0 Å². The van der Waals surface area contributed by atoms with Gasteiger partial charge in [0.25, 0.3) is 5.91 Å². The third kappa shape index (κ3) is 5.23. The minimum absolute atomic E-state index is 0.0658. The molecule has 2 amide bonds. The lowest BCUT2D eigenvalue weighted by Gasteiger charge is -2.26. The summed E-state index contributed by atoms with van der Waals surface area (Å²) in [7, 11) is 4.72. The van der Waals surface area contributed by atoms with Gasteiger partial charge in [-0.2, -0.15) is 5.10 Å². The van der Waals surface area contributed by atoms with Gasteiger partial charge in [0.1, 0.15) is 6.54 Å². The van der Waals surface area contributed by atoms with Gasteiger partial charge in [-0.3, -0.25) is 9.59 Å². The maximum atomic E-state index is 13.2. The molecule has 9 heteroatoms. The number of carbonyl (C=O) groups excluding carboxylic acids is 2. The molecule has 1 aliphatic rings. The number of nitrogens with zero attached hydrogens (tertiary/aromatic N) is 3. The molecule has 0 saturated carbocycles. The van der Waals surface area contributed by atoms with Gasteiger partial charge in [-0.05, 0) is 29.1 Å². The molecule has 3 rings (SSSR count). The van der Waals surface area contributed by atoms with Crippen molar-refractivity contribution >= 4 is 28.9 Å². The van der Waals surface area contributed by atoms with E-state index in [1.807, 2.05) is 35.7 Å². The van der Waals surface area contributed by atoms with Crippen LogP contribution in [0.4, 0.5) is 0 Å². The van der Waals surface area contributed by atoms with Crippen LogP contribution in [0.5, 0.6) is 11.5 Å². The summed E-state index contributed by atoms with van der Waals surface area (Å²) >= 11 is 1.58. The molecular weight excluding hydrogens is 418 g/mol. The normalized spacial score (nSPS) is 15.5. The van der Waals surface area contributed by atoms with Crippen LogP contribution in [0, 0.1) is 0 Å². The number of ether oxygens (including phenoxy) is 3. The molecule has 1 aliphatic heterocycles. The molecule has 0 fully saturated rings. The Balaban J connectivity index is 1.90.